The molecule has 26 heavy (non-hydrogen) atoms. The first-order valence-corrected chi connectivity index (χ1v) is 13.4. The third-order valence-electron chi connectivity index (χ3n) is 5.26. The molecule has 0 aliphatic carbocycles. The standard InChI is InChI=1S/C24H28OSi/c1-26(2,3)17-21-14-13-19-16-20(15-18-9-5-4-6-10-18)22-11-7-8-12-23(22)24(19)25-21/h4-12,16,21H,13-15,17H2,1-3H3. The zero-order chi connectivity index (χ0) is 18.1. The van der Waals surface area contributed by atoms with Crippen LogP contribution in [0.5, 0.6) is 5.75 Å². The highest BCUT2D eigenvalue weighted by molar-refractivity contribution is 6.76. The Labute approximate surface area is 158 Å². The predicted molar refractivity (Wildman–Crippen MR) is 114 cm³/mol. The lowest BCUT2D eigenvalue weighted by molar-refractivity contribution is 0.193. The van der Waals surface area contributed by atoms with Crippen LogP contribution in [0.3, 0.4) is 0 Å². The topological polar surface area (TPSA) is 9.23 Å². The molecule has 0 fully saturated rings. The van der Waals surface area contributed by atoms with Crippen LogP contribution in [0.25, 0.3) is 10.8 Å². The van der Waals surface area contributed by atoms with E-state index in [1.54, 1.807) is 0 Å². The number of aryl methyl sites for hydroxylation is 1. The predicted octanol–water partition coefficient (Wildman–Crippen LogP) is 6.46. The lowest BCUT2D eigenvalue weighted by Crippen LogP contribution is -2.32. The van der Waals surface area contributed by atoms with Crippen LogP contribution in [-0.4, -0.2) is 14.2 Å². The number of benzene rings is 3. The Bertz CT molecular complexity index is 909. The summed E-state index contributed by atoms with van der Waals surface area (Å²) in [5, 5.41) is 2.62. The second kappa shape index (κ2) is 6.92. The minimum absolute atomic E-state index is 0.387. The van der Waals surface area contributed by atoms with E-state index in [9.17, 15) is 0 Å². The van der Waals surface area contributed by atoms with E-state index in [1.807, 2.05) is 0 Å². The second-order valence-electron chi connectivity index (χ2n) is 8.78. The van der Waals surface area contributed by atoms with Crippen molar-refractivity contribution >= 4 is 18.8 Å². The Morgan fingerprint density at radius 1 is 0.923 bits per heavy atom. The molecule has 0 N–H and O–H groups in total. The van der Waals surface area contributed by atoms with Crippen molar-refractivity contribution in [1.82, 2.24) is 0 Å². The van der Waals surface area contributed by atoms with Gasteiger partial charge in [0.05, 0.1) is 6.10 Å². The van der Waals surface area contributed by atoms with E-state index < -0.39 is 8.07 Å². The fraction of sp³-hybridized carbons (Fsp3) is 0.333. The molecule has 0 saturated heterocycles. The third-order valence-corrected chi connectivity index (χ3v) is 6.94. The fourth-order valence-electron chi connectivity index (χ4n) is 4.14. The Morgan fingerprint density at radius 3 is 2.35 bits per heavy atom. The molecule has 0 radical (unpaired) electrons. The second-order valence-corrected chi connectivity index (χ2v) is 14.3. The van der Waals surface area contributed by atoms with Crippen LogP contribution < -0.4 is 4.74 Å². The van der Waals surface area contributed by atoms with Gasteiger partial charge in [0.25, 0.3) is 0 Å². The molecule has 0 bridgehead atoms. The number of hydrogen-bond acceptors (Lipinski definition) is 1. The van der Waals surface area contributed by atoms with Crippen LogP contribution in [0.2, 0.25) is 25.7 Å². The van der Waals surface area contributed by atoms with Crippen LogP contribution in [0.4, 0.5) is 0 Å². The molecular formula is C24H28OSi. The van der Waals surface area contributed by atoms with Gasteiger partial charge in [-0.15, -0.1) is 0 Å². The summed E-state index contributed by atoms with van der Waals surface area (Å²) in [6.45, 7) is 7.31. The van der Waals surface area contributed by atoms with Gasteiger partial charge < -0.3 is 4.74 Å². The first-order chi connectivity index (χ1) is 12.5. The summed E-state index contributed by atoms with van der Waals surface area (Å²) in [5.74, 6) is 1.15. The van der Waals surface area contributed by atoms with E-state index in [2.05, 4.69) is 80.3 Å². The van der Waals surface area contributed by atoms with Crippen LogP contribution in [0.1, 0.15) is 23.1 Å². The zero-order valence-corrected chi connectivity index (χ0v) is 17.1. The molecule has 3 aromatic rings. The molecule has 1 aliphatic heterocycles. The molecule has 0 saturated carbocycles. The maximum absolute atomic E-state index is 6.56. The van der Waals surface area contributed by atoms with Gasteiger partial charge in [-0.3, -0.25) is 0 Å². The van der Waals surface area contributed by atoms with Crippen molar-refractivity contribution in [2.45, 2.75) is 51.1 Å². The average molecular weight is 361 g/mol. The normalized spacial score (nSPS) is 17.0. The summed E-state index contributed by atoms with van der Waals surface area (Å²) in [4.78, 5) is 0. The SMILES string of the molecule is C[Si](C)(C)CC1CCc2cc(Cc3ccccc3)c3ccccc3c2O1. The minimum atomic E-state index is -1.12. The smallest absolute Gasteiger partial charge is 0.130 e. The maximum Gasteiger partial charge on any atom is 0.130 e. The van der Waals surface area contributed by atoms with Crippen molar-refractivity contribution in [2.75, 3.05) is 0 Å². The zero-order valence-electron chi connectivity index (χ0n) is 16.1. The highest BCUT2D eigenvalue weighted by Crippen LogP contribution is 2.39. The van der Waals surface area contributed by atoms with Crippen LogP contribution >= 0.6 is 0 Å². The van der Waals surface area contributed by atoms with Crippen molar-refractivity contribution in [3.05, 3.63) is 77.4 Å². The molecule has 1 aliphatic rings. The van der Waals surface area contributed by atoms with Gasteiger partial charge in [0.2, 0.25) is 0 Å². The van der Waals surface area contributed by atoms with Crippen molar-refractivity contribution in [2.24, 2.45) is 0 Å². The van der Waals surface area contributed by atoms with Crippen LogP contribution in [0, 0.1) is 0 Å². The Morgan fingerprint density at radius 2 is 1.62 bits per heavy atom. The molecular weight excluding hydrogens is 332 g/mol. The fourth-order valence-corrected chi connectivity index (χ4v) is 5.80. The Kier molecular flexibility index (Phi) is 4.62. The number of ether oxygens (including phenoxy) is 1. The van der Waals surface area contributed by atoms with Gasteiger partial charge >= 0.3 is 0 Å². The summed E-state index contributed by atoms with van der Waals surface area (Å²) in [7, 11) is -1.12. The summed E-state index contributed by atoms with van der Waals surface area (Å²) >= 11 is 0. The van der Waals surface area contributed by atoms with Crippen molar-refractivity contribution in [3.63, 3.8) is 0 Å². The number of rotatable bonds is 4. The van der Waals surface area contributed by atoms with Gasteiger partial charge in [0.1, 0.15) is 5.75 Å². The molecule has 1 nitrogen and oxygen atoms in total. The molecule has 0 amide bonds. The molecule has 134 valence electrons. The third kappa shape index (κ3) is 3.71. The number of hydrogen-bond donors (Lipinski definition) is 0. The molecule has 0 spiro atoms. The highest BCUT2D eigenvalue weighted by atomic mass is 28.3. The van der Waals surface area contributed by atoms with Gasteiger partial charge in [-0.25, -0.2) is 0 Å². The quantitative estimate of drug-likeness (QED) is 0.485. The molecule has 1 atom stereocenters. The van der Waals surface area contributed by atoms with Crippen molar-refractivity contribution < 1.29 is 4.74 Å². The van der Waals surface area contributed by atoms with E-state index in [0.29, 0.717) is 6.10 Å². The van der Waals surface area contributed by atoms with Gasteiger partial charge in [0, 0.05) is 13.5 Å². The highest BCUT2D eigenvalue weighted by Gasteiger charge is 2.27. The lowest BCUT2D eigenvalue weighted by atomic mass is 9.91. The van der Waals surface area contributed by atoms with E-state index in [4.69, 9.17) is 4.74 Å². The molecule has 2 heteroatoms. The van der Waals surface area contributed by atoms with E-state index in [-0.39, 0.29) is 0 Å². The average Bonchev–Trinajstić information content (AvgIpc) is 2.62. The summed E-state index contributed by atoms with van der Waals surface area (Å²) in [5.41, 5.74) is 4.17. The summed E-state index contributed by atoms with van der Waals surface area (Å²) in [6.07, 6.45) is 3.65. The molecule has 3 aromatic carbocycles. The molecule has 1 unspecified atom stereocenters. The Hall–Kier alpha value is -2.06. The van der Waals surface area contributed by atoms with Crippen molar-refractivity contribution in [1.29, 1.82) is 0 Å². The lowest BCUT2D eigenvalue weighted by Gasteiger charge is -2.31. The molecule has 1 heterocycles. The summed E-state index contributed by atoms with van der Waals surface area (Å²) in [6, 6.07) is 23.2. The van der Waals surface area contributed by atoms with E-state index in [0.717, 1.165) is 25.0 Å². The van der Waals surface area contributed by atoms with Gasteiger partial charge in [0.15, 0.2) is 0 Å². The van der Waals surface area contributed by atoms with Gasteiger partial charge in [-0.05, 0) is 47.4 Å². The van der Waals surface area contributed by atoms with Gasteiger partial charge in [-0.1, -0.05) is 80.3 Å². The number of fused-ring (bicyclic) bond motifs is 3. The van der Waals surface area contributed by atoms with E-state index in [1.165, 1.54) is 33.5 Å². The van der Waals surface area contributed by atoms with Gasteiger partial charge in [-0.2, -0.15) is 0 Å². The van der Waals surface area contributed by atoms with Crippen LogP contribution in [0.15, 0.2) is 60.7 Å². The first-order valence-electron chi connectivity index (χ1n) is 9.74. The first kappa shape index (κ1) is 17.4. The van der Waals surface area contributed by atoms with Crippen molar-refractivity contribution in [3.8, 4) is 5.75 Å². The van der Waals surface area contributed by atoms with E-state index >= 15 is 0 Å². The largest absolute Gasteiger partial charge is 0.490 e. The Balaban J connectivity index is 1.73. The monoisotopic (exact) mass is 360 g/mol. The molecule has 0 aromatic heterocycles. The summed E-state index contributed by atoms with van der Waals surface area (Å²) < 4.78 is 6.56. The minimum Gasteiger partial charge on any atom is -0.490 e. The maximum atomic E-state index is 6.56. The van der Waals surface area contributed by atoms with Crippen LogP contribution in [-0.2, 0) is 12.8 Å². The molecule has 4 rings (SSSR count).